The molecule has 2 rings (SSSR count). The molecule has 0 saturated carbocycles. The smallest absolute Gasteiger partial charge is 0.234 e. The van der Waals surface area contributed by atoms with Crippen molar-refractivity contribution in [2.75, 3.05) is 26.2 Å². The number of hydrogen-bond acceptors (Lipinski definition) is 3. The van der Waals surface area contributed by atoms with Crippen molar-refractivity contribution in [2.45, 2.75) is 32.4 Å². The summed E-state index contributed by atoms with van der Waals surface area (Å²) in [5, 5.41) is 7.18. The summed E-state index contributed by atoms with van der Waals surface area (Å²) in [6, 6.07) is 8.24. The monoisotopic (exact) mass is 309 g/mol. The van der Waals surface area contributed by atoms with Crippen molar-refractivity contribution in [1.29, 1.82) is 0 Å². The summed E-state index contributed by atoms with van der Waals surface area (Å²) < 4.78 is 0. The van der Waals surface area contributed by atoms with Gasteiger partial charge in [-0.25, -0.2) is 0 Å². The Bertz CT molecular complexity index is 480. The molecule has 1 amide bonds. The Morgan fingerprint density at radius 1 is 1.52 bits per heavy atom. The highest BCUT2D eigenvalue weighted by Gasteiger charge is 2.27. The van der Waals surface area contributed by atoms with E-state index in [4.69, 9.17) is 11.6 Å². The van der Waals surface area contributed by atoms with E-state index in [1.54, 1.807) is 0 Å². The van der Waals surface area contributed by atoms with Crippen molar-refractivity contribution < 1.29 is 4.79 Å². The molecule has 2 N–H and O–H groups in total. The molecule has 0 aromatic heterocycles. The largest absolute Gasteiger partial charge is 0.353 e. The second kappa shape index (κ2) is 7.78. The fraction of sp³-hybridized carbons (Fsp3) is 0.562. The zero-order valence-electron chi connectivity index (χ0n) is 12.7. The second-order valence-electron chi connectivity index (χ2n) is 5.59. The van der Waals surface area contributed by atoms with Crippen LogP contribution >= 0.6 is 11.6 Å². The average molecular weight is 310 g/mol. The molecule has 1 aromatic rings. The average Bonchev–Trinajstić information content (AvgIpc) is 2.48. The summed E-state index contributed by atoms with van der Waals surface area (Å²) in [5.41, 5.74) is 1.09. The summed E-state index contributed by atoms with van der Waals surface area (Å²) in [6.45, 7) is 7.09. The van der Waals surface area contributed by atoms with Gasteiger partial charge in [0, 0.05) is 36.7 Å². The van der Waals surface area contributed by atoms with Crippen molar-refractivity contribution in [3.8, 4) is 0 Å². The molecule has 4 nitrogen and oxygen atoms in total. The normalized spacial score (nSPS) is 21.0. The SMILES string of the molecule is CCC(C)NC(=O)CN1CCNCC1c1ccccc1Cl. The van der Waals surface area contributed by atoms with Crippen LogP contribution in [0.5, 0.6) is 0 Å². The number of carbonyl (C=O) groups is 1. The minimum Gasteiger partial charge on any atom is -0.353 e. The molecule has 0 spiro atoms. The Labute approximate surface area is 131 Å². The van der Waals surface area contributed by atoms with Crippen LogP contribution in [0.2, 0.25) is 5.02 Å². The zero-order chi connectivity index (χ0) is 15.2. The van der Waals surface area contributed by atoms with E-state index < -0.39 is 0 Å². The van der Waals surface area contributed by atoms with Gasteiger partial charge in [-0.15, -0.1) is 0 Å². The predicted octanol–water partition coefficient (Wildman–Crippen LogP) is 2.20. The molecule has 21 heavy (non-hydrogen) atoms. The van der Waals surface area contributed by atoms with E-state index in [0.717, 1.165) is 36.6 Å². The van der Waals surface area contributed by atoms with E-state index >= 15 is 0 Å². The maximum Gasteiger partial charge on any atom is 0.234 e. The van der Waals surface area contributed by atoms with Gasteiger partial charge in [-0.1, -0.05) is 36.7 Å². The van der Waals surface area contributed by atoms with Crippen molar-refractivity contribution in [3.63, 3.8) is 0 Å². The Morgan fingerprint density at radius 3 is 3.00 bits per heavy atom. The fourth-order valence-corrected chi connectivity index (χ4v) is 2.86. The molecule has 1 aromatic carbocycles. The predicted molar refractivity (Wildman–Crippen MR) is 86.5 cm³/mol. The minimum atomic E-state index is 0.0864. The topological polar surface area (TPSA) is 44.4 Å². The minimum absolute atomic E-state index is 0.0864. The molecular formula is C16H24ClN3O. The number of nitrogens with zero attached hydrogens (tertiary/aromatic N) is 1. The Hall–Kier alpha value is -1.10. The lowest BCUT2D eigenvalue weighted by Crippen LogP contribution is -2.50. The molecule has 5 heteroatoms. The number of carbonyl (C=O) groups excluding carboxylic acids is 1. The van der Waals surface area contributed by atoms with Crippen molar-refractivity contribution in [3.05, 3.63) is 34.9 Å². The summed E-state index contributed by atoms with van der Waals surface area (Å²) in [4.78, 5) is 14.3. The van der Waals surface area contributed by atoms with Gasteiger partial charge >= 0.3 is 0 Å². The summed E-state index contributed by atoms with van der Waals surface area (Å²) in [5.74, 6) is 0.0864. The third kappa shape index (κ3) is 4.43. The third-order valence-corrected chi connectivity index (χ3v) is 4.33. The van der Waals surface area contributed by atoms with Crippen LogP contribution < -0.4 is 10.6 Å². The lowest BCUT2D eigenvalue weighted by Gasteiger charge is -2.36. The highest BCUT2D eigenvalue weighted by Crippen LogP contribution is 2.28. The van der Waals surface area contributed by atoms with Gasteiger partial charge in [-0.05, 0) is 25.0 Å². The maximum absolute atomic E-state index is 12.1. The van der Waals surface area contributed by atoms with Crippen LogP contribution in [0.3, 0.4) is 0 Å². The molecule has 2 unspecified atom stereocenters. The molecule has 1 saturated heterocycles. The molecule has 0 aliphatic carbocycles. The van der Waals surface area contributed by atoms with E-state index in [9.17, 15) is 4.79 Å². The molecule has 116 valence electrons. The highest BCUT2D eigenvalue weighted by molar-refractivity contribution is 6.31. The van der Waals surface area contributed by atoms with E-state index in [0.29, 0.717) is 6.54 Å². The van der Waals surface area contributed by atoms with Gasteiger partial charge in [-0.2, -0.15) is 0 Å². The van der Waals surface area contributed by atoms with Crippen molar-refractivity contribution >= 4 is 17.5 Å². The number of amides is 1. The zero-order valence-corrected chi connectivity index (χ0v) is 13.5. The van der Waals surface area contributed by atoms with Gasteiger partial charge in [0.05, 0.1) is 6.54 Å². The first kappa shape index (κ1) is 16.3. The van der Waals surface area contributed by atoms with Crippen LogP contribution in [0.4, 0.5) is 0 Å². The Kier molecular flexibility index (Phi) is 6.03. The molecule has 0 radical (unpaired) electrons. The number of benzene rings is 1. The van der Waals surface area contributed by atoms with E-state index in [1.165, 1.54) is 0 Å². The van der Waals surface area contributed by atoms with Crippen LogP contribution in [-0.2, 0) is 4.79 Å². The van der Waals surface area contributed by atoms with Crippen molar-refractivity contribution in [2.24, 2.45) is 0 Å². The summed E-state index contributed by atoms with van der Waals surface area (Å²) in [7, 11) is 0. The van der Waals surface area contributed by atoms with Gasteiger partial charge < -0.3 is 10.6 Å². The third-order valence-electron chi connectivity index (χ3n) is 3.98. The molecule has 0 bridgehead atoms. The van der Waals surface area contributed by atoms with Crippen molar-refractivity contribution in [1.82, 2.24) is 15.5 Å². The Morgan fingerprint density at radius 2 is 2.29 bits per heavy atom. The van der Waals surface area contributed by atoms with E-state index in [-0.39, 0.29) is 18.0 Å². The quantitative estimate of drug-likeness (QED) is 0.876. The molecule has 1 aliphatic rings. The first-order chi connectivity index (χ1) is 10.1. The van der Waals surface area contributed by atoms with Gasteiger partial charge in [0.2, 0.25) is 5.91 Å². The van der Waals surface area contributed by atoms with Crippen LogP contribution in [0.15, 0.2) is 24.3 Å². The molecule has 1 fully saturated rings. The lowest BCUT2D eigenvalue weighted by molar-refractivity contribution is -0.123. The van der Waals surface area contributed by atoms with Crippen LogP contribution in [0.25, 0.3) is 0 Å². The number of hydrogen-bond donors (Lipinski definition) is 2. The van der Waals surface area contributed by atoms with Crippen LogP contribution in [0, 0.1) is 0 Å². The number of rotatable bonds is 5. The summed E-state index contributed by atoms with van der Waals surface area (Å²) in [6.07, 6.45) is 0.946. The lowest BCUT2D eigenvalue weighted by atomic mass is 10.0. The highest BCUT2D eigenvalue weighted by atomic mass is 35.5. The second-order valence-corrected chi connectivity index (χ2v) is 6.00. The van der Waals surface area contributed by atoms with Gasteiger partial charge in [0.1, 0.15) is 0 Å². The van der Waals surface area contributed by atoms with Crippen LogP contribution in [-0.4, -0.2) is 43.0 Å². The molecule has 1 aliphatic heterocycles. The van der Waals surface area contributed by atoms with E-state index in [1.807, 2.05) is 31.2 Å². The number of nitrogens with one attached hydrogen (secondary N) is 2. The summed E-state index contributed by atoms with van der Waals surface area (Å²) >= 11 is 6.31. The molecule has 2 atom stereocenters. The fourth-order valence-electron chi connectivity index (χ4n) is 2.59. The first-order valence-electron chi connectivity index (χ1n) is 7.60. The maximum atomic E-state index is 12.1. The van der Waals surface area contributed by atoms with E-state index in [2.05, 4.69) is 22.5 Å². The number of halogens is 1. The van der Waals surface area contributed by atoms with Gasteiger partial charge in [0.25, 0.3) is 0 Å². The standard InChI is InChI=1S/C16H24ClN3O/c1-3-12(2)19-16(21)11-20-9-8-18-10-15(20)13-6-4-5-7-14(13)17/h4-7,12,15,18H,3,8-11H2,1-2H3,(H,19,21). The molecule has 1 heterocycles. The van der Waals surface area contributed by atoms with Crippen LogP contribution in [0.1, 0.15) is 31.9 Å². The Balaban J connectivity index is 2.06. The van der Waals surface area contributed by atoms with Gasteiger partial charge in [-0.3, -0.25) is 9.69 Å². The number of piperazine rings is 1. The van der Waals surface area contributed by atoms with Gasteiger partial charge in [0.15, 0.2) is 0 Å². The molecular weight excluding hydrogens is 286 g/mol. The first-order valence-corrected chi connectivity index (χ1v) is 7.98.